The monoisotopic (exact) mass is 458 g/mol. The normalized spacial score (nSPS) is 29.3. The highest BCUT2D eigenvalue weighted by atomic mass is 127. The van der Waals surface area contributed by atoms with Crippen molar-refractivity contribution in [2.75, 3.05) is 4.43 Å². The summed E-state index contributed by atoms with van der Waals surface area (Å²) in [6, 6.07) is 0. The number of halogens is 1. The second-order valence-electron chi connectivity index (χ2n) is 5.03. The summed E-state index contributed by atoms with van der Waals surface area (Å²) >= 11 is 1.98. The molecular weight excluding hydrogens is 439 g/mol. The summed E-state index contributed by atoms with van der Waals surface area (Å²) in [7, 11) is 0. The zero-order valence-corrected chi connectivity index (χ0v) is 15.8. The van der Waals surface area contributed by atoms with E-state index < -0.39 is 54.6 Å². The predicted octanol–water partition coefficient (Wildman–Crippen LogP) is 0.504. The molecule has 1 fully saturated rings. The van der Waals surface area contributed by atoms with Crippen molar-refractivity contribution in [3.8, 4) is 0 Å². The number of esters is 4. The fourth-order valence-corrected chi connectivity index (χ4v) is 2.95. The Morgan fingerprint density at radius 2 is 1.17 bits per heavy atom. The van der Waals surface area contributed by atoms with Crippen molar-refractivity contribution in [2.24, 2.45) is 0 Å². The van der Waals surface area contributed by atoms with Crippen LogP contribution in [0.5, 0.6) is 0 Å². The number of carbonyl (C=O) groups excluding carboxylic acids is 4. The first kappa shape index (κ1) is 20.6. The van der Waals surface area contributed by atoms with E-state index in [0.717, 1.165) is 20.8 Å². The molecule has 24 heavy (non-hydrogen) atoms. The van der Waals surface area contributed by atoms with Crippen molar-refractivity contribution in [1.29, 1.82) is 0 Å². The molecule has 0 radical (unpaired) electrons. The number of hydrogen-bond donors (Lipinski definition) is 0. The van der Waals surface area contributed by atoms with Crippen LogP contribution in [-0.2, 0) is 42.9 Å². The first-order valence-corrected chi connectivity index (χ1v) is 8.58. The second-order valence-corrected chi connectivity index (χ2v) is 5.91. The van der Waals surface area contributed by atoms with Gasteiger partial charge in [-0.2, -0.15) is 0 Å². The van der Waals surface area contributed by atoms with Crippen molar-refractivity contribution in [2.45, 2.75) is 58.4 Å². The summed E-state index contributed by atoms with van der Waals surface area (Å²) in [6.07, 6.45) is -5.47. The molecule has 0 amide bonds. The highest BCUT2D eigenvalue weighted by Gasteiger charge is 2.52. The van der Waals surface area contributed by atoms with Crippen LogP contribution in [0.2, 0.25) is 0 Å². The maximum Gasteiger partial charge on any atom is 0.305 e. The molecule has 5 atom stereocenters. The number of hydrogen-bond acceptors (Lipinski definition) is 9. The summed E-state index contributed by atoms with van der Waals surface area (Å²) in [5.41, 5.74) is 0. The molecule has 1 heterocycles. The van der Waals surface area contributed by atoms with Crippen molar-refractivity contribution in [1.82, 2.24) is 0 Å². The molecule has 0 aromatic heterocycles. The van der Waals surface area contributed by atoms with Gasteiger partial charge in [0.05, 0.1) is 0 Å². The van der Waals surface area contributed by atoms with Gasteiger partial charge in [-0.05, 0) is 0 Å². The van der Waals surface area contributed by atoms with E-state index in [2.05, 4.69) is 0 Å². The lowest BCUT2D eigenvalue weighted by atomic mass is 9.99. The van der Waals surface area contributed by atoms with Crippen molar-refractivity contribution in [3.63, 3.8) is 0 Å². The predicted molar refractivity (Wildman–Crippen MR) is 86.0 cm³/mol. The van der Waals surface area contributed by atoms with Gasteiger partial charge in [-0.1, -0.05) is 22.6 Å². The van der Waals surface area contributed by atoms with Crippen LogP contribution in [0, 0.1) is 0 Å². The molecule has 0 aromatic carbocycles. The van der Waals surface area contributed by atoms with Crippen LogP contribution in [0.25, 0.3) is 0 Å². The molecular formula is C14H19IO9. The van der Waals surface area contributed by atoms with Crippen LogP contribution in [0.1, 0.15) is 27.7 Å². The van der Waals surface area contributed by atoms with E-state index in [0.29, 0.717) is 4.43 Å². The Balaban J connectivity index is 3.23. The SMILES string of the molecule is CC(=O)O[C@H]1O[C@@H](CI)[C@H](OC(C)=O)[C@@H](OC(C)=O)[C@H]1OC(C)=O. The smallest absolute Gasteiger partial charge is 0.305 e. The lowest BCUT2D eigenvalue weighted by Crippen LogP contribution is -2.62. The standard InChI is InChI=1S/C14H19IO9/c1-6(16)20-11-10(5-15)24-14(23-9(4)19)13(22-8(3)18)12(11)21-7(2)17/h10-14H,5H2,1-4H3/t10-,11-,12+,13+,14-/m0/s1. The molecule has 1 aliphatic heterocycles. The fraction of sp³-hybridized carbons (Fsp3) is 0.714. The Hall–Kier alpha value is -1.43. The lowest BCUT2D eigenvalue weighted by molar-refractivity contribution is -0.291. The molecule has 0 saturated carbocycles. The Kier molecular flexibility index (Phi) is 7.87. The number of alkyl halides is 1. The van der Waals surface area contributed by atoms with Gasteiger partial charge >= 0.3 is 23.9 Å². The highest BCUT2D eigenvalue weighted by Crippen LogP contribution is 2.30. The van der Waals surface area contributed by atoms with E-state index in [1.165, 1.54) is 6.92 Å². The third-order valence-electron chi connectivity index (χ3n) is 2.93. The van der Waals surface area contributed by atoms with E-state index >= 15 is 0 Å². The maximum atomic E-state index is 11.4. The fourth-order valence-electron chi connectivity index (χ4n) is 2.24. The molecule has 0 aliphatic carbocycles. The van der Waals surface area contributed by atoms with E-state index in [9.17, 15) is 19.2 Å². The van der Waals surface area contributed by atoms with Crippen LogP contribution in [0.3, 0.4) is 0 Å². The topological polar surface area (TPSA) is 114 Å². The van der Waals surface area contributed by atoms with Crippen LogP contribution in [0.4, 0.5) is 0 Å². The zero-order valence-electron chi connectivity index (χ0n) is 13.6. The summed E-state index contributed by atoms with van der Waals surface area (Å²) < 4.78 is 26.5. The maximum absolute atomic E-state index is 11.4. The van der Waals surface area contributed by atoms with Gasteiger partial charge in [0.25, 0.3) is 0 Å². The average Bonchev–Trinajstić information content (AvgIpc) is 2.42. The average molecular weight is 458 g/mol. The Morgan fingerprint density at radius 3 is 1.58 bits per heavy atom. The minimum Gasteiger partial charge on any atom is -0.456 e. The Bertz CT molecular complexity index is 506. The van der Waals surface area contributed by atoms with Gasteiger partial charge in [0.1, 0.15) is 6.10 Å². The third kappa shape index (κ3) is 5.89. The number of ether oxygens (including phenoxy) is 5. The summed E-state index contributed by atoms with van der Waals surface area (Å²) in [5.74, 6) is -2.67. The second kappa shape index (κ2) is 9.16. The molecule has 0 bridgehead atoms. The molecule has 1 saturated heterocycles. The van der Waals surface area contributed by atoms with Gasteiger partial charge in [-0.25, -0.2) is 0 Å². The molecule has 10 heteroatoms. The van der Waals surface area contributed by atoms with E-state index in [4.69, 9.17) is 23.7 Å². The Labute approximate surface area is 152 Å². The quantitative estimate of drug-likeness (QED) is 0.252. The van der Waals surface area contributed by atoms with E-state index in [1.54, 1.807) is 0 Å². The largest absolute Gasteiger partial charge is 0.456 e. The summed E-state index contributed by atoms with van der Waals surface area (Å²) in [6.45, 7) is 4.65. The first-order chi connectivity index (χ1) is 11.1. The van der Waals surface area contributed by atoms with Gasteiger partial charge in [0.15, 0.2) is 12.2 Å². The number of carbonyl (C=O) groups is 4. The summed E-state index contributed by atoms with van der Waals surface area (Å²) in [4.78, 5) is 45.5. The summed E-state index contributed by atoms with van der Waals surface area (Å²) in [5, 5.41) is 0. The molecule has 136 valence electrons. The first-order valence-electron chi connectivity index (χ1n) is 7.06. The molecule has 0 spiro atoms. The van der Waals surface area contributed by atoms with Crippen LogP contribution in [0.15, 0.2) is 0 Å². The number of rotatable bonds is 5. The van der Waals surface area contributed by atoms with Crippen LogP contribution in [-0.4, -0.2) is 59.0 Å². The van der Waals surface area contributed by atoms with Gasteiger partial charge in [-0.15, -0.1) is 0 Å². The molecule has 9 nitrogen and oxygen atoms in total. The molecule has 1 aliphatic rings. The lowest BCUT2D eigenvalue weighted by Gasteiger charge is -2.43. The van der Waals surface area contributed by atoms with E-state index in [-0.39, 0.29) is 0 Å². The molecule has 0 N–H and O–H groups in total. The van der Waals surface area contributed by atoms with Crippen molar-refractivity contribution < 1.29 is 42.9 Å². The van der Waals surface area contributed by atoms with Gasteiger partial charge in [0.2, 0.25) is 12.4 Å². The Morgan fingerprint density at radius 1 is 0.750 bits per heavy atom. The van der Waals surface area contributed by atoms with Gasteiger partial charge < -0.3 is 23.7 Å². The highest BCUT2D eigenvalue weighted by molar-refractivity contribution is 14.1. The minimum absolute atomic E-state index is 0.345. The molecule has 0 unspecified atom stereocenters. The van der Waals surface area contributed by atoms with Gasteiger partial charge in [-0.3, -0.25) is 19.2 Å². The molecule has 0 aromatic rings. The van der Waals surface area contributed by atoms with Crippen LogP contribution < -0.4 is 0 Å². The van der Waals surface area contributed by atoms with Crippen LogP contribution >= 0.6 is 22.6 Å². The van der Waals surface area contributed by atoms with Crippen molar-refractivity contribution >= 4 is 46.5 Å². The third-order valence-corrected chi connectivity index (χ3v) is 3.80. The van der Waals surface area contributed by atoms with Crippen molar-refractivity contribution in [3.05, 3.63) is 0 Å². The molecule has 1 rings (SSSR count). The zero-order chi connectivity index (χ0) is 18.4. The minimum atomic E-state index is -1.29. The van der Waals surface area contributed by atoms with E-state index in [1.807, 2.05) is 22.6 Å². The van der Waals surface area contributed by atoms with Gasteiger partial charge in [0, 0.05) is 32.1 Å².